The first-order valence-corrected chi connectivity index (χ1v) is 14.3. The van der Waals surface area contributed by atoms with Gasteiger partial charge in [0.2, 0.25) is 11.8 Å². The van der Waals surface area contributed by atoms with Gasteiger partial charge in [0, 0.05) is 17.5 Å². The van der Waals surface area contributed by atoms with Crippen LogP contribution in [0.3, 0.4) is 0 Å². The van der Waals surface area contributed by atoms with Gasteiger partial charge in [-0.2, -0.15) is 13.2 Å². The van der Waals surface area contributed by atoms with Crippen LogP contribution in [-0.4, -0.2) is 41.2 Å². The Kier molecular flexibility index (Phi) is 7.31. The number of benzene rings is 3. The molecule has 3 aliphatic carbocycles. The van der Waals surface area contributed by atoms with Crippen molar-refractivity contribution in [3.8, 4) is 0 Å². The normalized spacial score (nSPS) is 22.5. The predicted octanol–water partition coefficient (Wildman–Crippen LogP) is 5.64. The number of alkyl halides is 3. The van der Waals surface area contributed by atoms with E-state index < -0.39 is 59.9 Å². The first-order valence-electron chi connectivity index (χ1n) is 14.3. The number of hydrogen-bond donors (Lipinski definition) is 1. The maximum Gasteiger partial charge on any atom is 0.416 e. The van der Waals surface area contributed by atoms with Crippen LogP contribution in [0.2, 0.25) is 0 Å². The average molecular weight is 591 g/mol. The zero-order valence-electron chi connectivity index (χ0n) is 23.3. The van der Waals surface area contributed by atoms with Crippen LogP contribution in [-0.2, 0) is 30.1 Å². The molecule has 1 heterocycles. The Hall–Kier alpha value is -4.47. The summed E-state index contributed by atoms with van der Waals surface area (Å²) in [5, 5.41) is 2.30. The molecule has 0 saturated carbocycles. The summed E-state index contributed by atoms with van der Waals surface area (Å²) in [6.07, 6.45) is -3.22. The van der Waals surface area contributed by atoms with Crippen molar-refractivity contribution in [1.82, 2.24) is 4.90 Å². The second-order valence-electron chi connectivity index (χ2n) is 11.2. The maximum atomic E-state index is 14.1. The number of carbonyl (C=O) groups excluding carboxylic acids is 4. The third-order valence-corrected chi connectivity index (χ3v) is 8.72. The monoisotopic (exact) mass is 590 g/mol. The van der Waals surface area contributed by atoms with Crippen LogP contribution in [0.1, 0.15) is 65.8 Å². The average Bonchev–Trinajstić information content (AvgIpc) is 3.26. The van der Waals surface area contributed by atoms with Crippen LogP contribution >= 0.6 is 0 Å². The van der Waals surface area contributed by atoms with Gasteiger partial charge in [-0.05, 0) is 46.9 Å². The highest BCUT2D eigenvalue weighted by Gasteiger charge is 2.63. The van der Waals surface area contributed by atoms with E-state index in [1.165, 1.54) is 6.07 Å². The van der Waals surface area contributed by atoms with Gasteiger partial charge in [0.25, 0.3) is 5.91 Å². The summed E-state index contributed by atoms with van der Waals surface area (Å²) in [5.41, 5.74) is 2.99. The van der Waals surface area contributed by atoms with Crippen LogP contribution < -0.4 is 5.32 Å². The molecule has 1 saturated heterocycles. The van der Waals surface area contributed by atoms with Gasteiger partial charge in [0.15, 0.2) is 6.61 Å². The number of nitrogens with one attached hydrogen (secondary N) is 1. The molecule has 3 atom stereocenters. The molecule has 3 amide bonds. The number of likely N-dealkylation sites (tertiary alicyclic amines) is 1. The fourth-order valence-corrected chi connectivity index (χ4v) is 6.96. The van der Waals surface area contributed by atoms with E-state index >= 15 is 0 Å². The fraction of sp³-hybridized carbons (Fsp3) is 0.333. The number of nitrogens with zero attached hydrogens (tertiary/aromatic N) is 1. The van der Waals surface area contributed by atoms with Crippen molar-refractivity contribution in [3.63, 3.8) is 0 Å². The summed E-state index contributed by atoms with van der Waals surface area (Å²) in [6.45, 7) is 1.12. The summed E-state index contributed by atoms with van der Waals surface area (Å²) in [5.74, 6) is -4.60. The second-order valence-corrected chi connectivity index (χ2v) is 11.2. The third-order valence-electron chi connectivity index (χ3n) is 8.72. The fourth-order valence-electron chi connectivity index (χ4n) is 6.96. The number of rotatable bonds is 8. The van der Waals surface area contributed by atoms with Crippen LogP contribution in [0.15, 0.2) is 72.8 Å². The Balaban J connectivity index is 1.23. The Bertz CT molecular complexity index is 1500. The first-order chi connectivity index (χ1) is 20.6. The molecule has 10 heteroatoms. The van der Waals surface area contributed by atoms with Crippen molar-refractivity contribution < 1.29 is 37.1 Å². The van der Waals surface area contributed by atoms with Crippen LogP contribution in [0.5, 0.6) is 0 Å². The summed E-state index contributed by atoms with van der Waals surface area (Å²) in [7, 11) is 0. The van der Waals surface area contributed by atoms with Gasteiger partial charge in [-0.25, -0.2) is 4.79 Å². The molecule has 3 aromatic carbocycles. The summed E-state index contributed by atoms with van der Waals surface area (Å²) in [6, 6.07) is 18.5. The van der Waals surface area contributed by atoms with Crippen molar-refractivity contribution in [3.05, 3.63) is 101 Å². The van der Waals surface area contributed by atoms with Gasteiger partial charge < -0.3 is 10.1 Å². The van der Waals surface area contributed by atoms with Gasteiger partial charge in [0.1, 0.15) is 6.04 Å². The predicted molar refractivity (Wildman–Crippen MR) is 150 cm³/mol. The number of amides is 3. The molecular formula is C33H29F3N2O5. The molecule has 0 unspecified atom stereocenters. The standard InChI is InChI=1S/C33H29F3N2O5/c1-2-3-15-24(32(42)43-17-25(39)37-19-10-8-9-18(16-19)33(34,35)36)38-30(40)28-26-20-11-4-5-12-21(20)27(29(28)31(38)41)23-14-7-6-13-22(23)26/h4-14,16,24,26-29H,2-3,15,17H2,1H3,(H,37,39)/t24-,26?,27?,28+,29+/m1/s1. The SMILES string of the molecule is CCCC[C@H](C(=O)OCC(=O)Nc1cccc(C(F)(F)F)c1)N1C(=O)[C@H]2C3c4ccccc4C(c4ccccc43)[C@@H]2C1=O. The van der Waals surface area contributed by atoms with Crippen molar-refractivity contribution >= 4 is 29.4 Å². The number of ether oxygens (including phenoxy) is 1. The number of unbranched alkanes of at least 4 members (excludes halogenated alkanes) is 1. The number of hydrogen-bond acceptors (Lipinski definition) is 5. The molecule has 1 aliphatic heterocycles. The van der Waals surface area contributed by atoms with E-state index in [2.05, 4.69) is 5.32 Å². The van der Waals surface area contributed by atoms with E-state index in [9.17, 15) is 32.3 Å². The first kappa shape index (κ1) is 28.6. The van der Waals surface area contributed by atoms with E-state index in [4.69, 9.17) is 4.74 Å². The number of esters is 1. The molecule has 2 bridgehead atoms. The molecule has 7 rings (SSSR count). The zero-order valence-corrected chi connectivity index (χ0v) is 23.3. The molecule has 0 spiro atoms. The summed E-state index contributed by atoms with van der Waals surface area (Å²) < 4.78 is 44.4. The van der Waals surface area contributed by atoms with E-state index in [1.54, 1.807) is 0 Å². The van der Waals surface area contributed by atoms with Crippen molar-refractivity contribution in [2.75, 3.05) is 11.9 Å². The van der Waals surface area contributed by atoms with Gasteiger partial charge in [-0.1, -0.05) is 74.4 Å². The molecule has 4 aliphatic rings. The topological polar surface area (TPSA) is 92.8 Å². The number of carbonyl (C=O) groups is 4. The largest absolute Gasteiger partial charge is 0.454 e. The highest BCUT2D eigenvalue weighted by atomic mass is 19.4. The van der Waals surface area contributed by atoms with Crippen molar-refractivity contribution in [2.24, 2.45) is 11.8 Å². The summed E-state index contributed by atoms with van der Waals surface area (Å²) >= 11 is 0. The lowest BCUT2D eigenvalue weighted by molar-refractivity contribution is -0.160. The second kappa shape index (κ2) is 11.0. The Morgan fingerprint density at radius 3 is 1.88 bits per heavy atom. The molecule has 0 aromatic heterocycles. The van der Waals surface area contributed by atoms with Crippen LogP contribution in [0.25, 0.3) is 0 Å². The summed E-state index contributed by atoms with van der Waals surface area (Å²) in [4.78, 5) is 55.1. The van der Waals surface area contributed by atoms with E-state index in [1.807, 2.05) is 55.5 Å². The van der Waals surface area contributed by atoms with E-state index in [-0.39, 0.29) is 23.9 Å². The van der Waals surface area contributed by atoms with E-state index in [0.717, 1.165) is 45.4 Å². The molecule has 0 radical (unpaired) electrons. The zero-order chi connectivity index (χ0) is 30.5. The number of imide groups is 1. The maximum absolute atomic E-state index is 14.1. The smallest absolute Gasteiger partial charge is 0.416 e. The third kappa shape index (κ3) is 4.88. The van der Waals surface area contributed by atoms with Gasteiger partial charge in [-0.15, -0.1) is 0 Å². The Morgan fingerprint density at radius 1 is 0.860 bits per heavy atom. The van der Waals surface area contributed by atoms with Crippen molar-refractivity contribution in [2.45, 2.75) is 50.2 Å². The number of halogens is 3. The number of anilines is 1. The quantitative estimate of drug-likeness (QED) is 0.271. The Labute approximate surface area is 246 Å². The minimum atomic E-state index is -4.59. The molecule has 43 heavy (non-hydrogen) atoms. The van der Waals surface area contributed by atoms with Crippen molar-refractivity contribution in [1.29, 1.82) is 0 Å². The van der Waals surface area contributed by atoms with Gasteiger partial charge in [0.05, 0.1) is 17.4 Å². The van der Waals surface area contributed by atoms with Gasteiger partial charge >= 0.3 is 12.1 Å². The van der Waals surface area contributed by atoms with Gasteiger partial charge in [-0.3, -0.25) is 19.3 Å². The molecule has 222 valence electrons. The highest BCUT2D eigenvalue weighted by molar-refractivity contribution is 6.10. The molecule has 3 aromatic rings. The van der Waals surface area contributed by atoms with Crippen LogP contribution in [0.4, 0.5) is 18.9 Å². The lowest BCUT2D eigenvalue weighted by Gasteiger charge is -2.45. The lowest BCUT2D eigenvalue weighted by atomic mass is 9.55. The van der Waals surface area contributed by atoms with E-state index in [0.29, 0.717) is 12.8 Å². The minimum absolute atomic E-state index is 0.109. The lowest BCUT2D eigenvalue weighted by Crippen LogP contribution is -2.47. The Morgan fingerprint density at radius 2 is 1.40 bits per heavy atom. The molecule has 1 N–H and O–H groups in total. The van der Waals surface area contributed by atoms with Crippen LogP contribution in [0, 0.1) is 11.8 Å². The molecule has 1 fully saturated rings. The minimum Gasteiger partial charge on any atom is -0.454 e. The molecular weight excluding hydrogens is 561 g/mol. The molecule has 7 nitrogen and oxygen atoms in total. The highest BCUT2D eigenvalue weighted by Crippen LogP contribution is 2.61.